The number of para-hydroxylation sites is 5. The van der Waals surface area contributed by atoms with E-state index in [1.54, 1.807) is 0 Å². The van der Waals surface area contributed by atoms with Crippen molar-refractivity contribution in [2.24, 2.45) is 0 Å². The number of imidazole rings is 1. The summed E-state index contributed by atoms with van der Waals surface area (Å²) in [5.74, 6) is 2.28. The number of hydrogen-bond donors (Lipinski definition) is 1. The predicted octanol–water partition coefficient (Wildman–Crippen LogP) is 11.8. The van der Waals surface area contributed by atoms with Crippen molar-refractivity contribution >= 4 is 11.0 Å². The van der Waals surface area contributed by atoms with Crippen LogP contribution in [0.15, 0.2) is 84.9 Å². The average Bonchev–Trinajstić information content (AvgIpc) is 3.27. The second-order valence-corrected chi connectivity index (χ2v) is 13.4. The van der Waals surface area contributed by atoms with Crippen LogP contribution in [0.1, 0.15) is 127 Å². The number of phenols is 1. The Balaban J connectivity index is 0.000000589. The maximum absolute atomic E-state index is 11.8. The SMILES string of the molecule is CC(C)c1cccc(C(C)C)c1O.CC(C)c1ccccc1-n1c(=[N-])n(-c2c(C(C)C)cccc2C(C)C)c2ccccc21.[CH3-].[CH3-].[Zr+3]. The molecule has 5 rings (SSSR count). The molecule has 0 saturated carbocycles. The summed E-state index contributed by atoms with van der Waals surface area (Å²) in [5, 5.41) is 21.7. The van der Waals surface area contributed by atoms with E-state index in [1.807, 2.05) is 41.0 Å². The molecule has 0 amide bonds. The molecule has 0 bridgehead atoms. The molecule has 0 spiro atoms. The average molecular weight is 710 g/mol. The van der Waals surface area contributed by atoms with Gasteiger partial charge in [-0.15, -0.1) is 0 Å². The molecular weight excluding hydrogens is 654 g/mol. The van der Waals surface area contributed by atoms with Crippen LogP contribution in [0.3, 0.4) is 0 Å². The Labute approximate surface area is 304 Å². The Kier molecular flexibility index (Phi) is 15.9. The largest absolute Gasteiger partial charge is 3.00 e. The van der Waals surface area contributed by atoms with Crippen molar-refractivity contribution in [3.8, 4) is 17.1 Å². The molecule has 0 atom stereocenters. The summed E-state index contributed by atoms with van der Waals surface area (Å²) in [6.07, 6.45) is 0. The number of phenolic OH excluding ortho intramolecular Hbond substituents is 1. The molecule has 5 aromatic rings. The smallest absolute Gasteiger partial charge is 0.507 e. The number of hydrogen-bond acceptors (Lipinski definition) is 1. The van der Waals surface area contributed by atoms with Gasteiger partial charge in [0.25, 0.3) is 0 Å². The molecule has 0 fully saturated rings. The summed E-state index contributed by atoms with van der Waals surface area (Å²) >= 11 is 0. The maximum Gasteiger partial charge on any atom is 3.00 e. The third-order valence-electron chi connectivity index (χ3n) is 8.47. The Bertz CT molecular complexity index is 1740. The van der Waals surface area contributed by atoms with E-state index in [2.05, 4.69) is 122 Å². The van der Waals surface area contributed by atoms with E-state index >= 15 is 0 Å². The van der Waals surface area contributed by atoms with Gasteiger partial charge in [0.1, 0.15) is 5.75 Å². The van der Waals surface area contributed by atoms with E-state index in [0.29, 0.717) is 35.3 Å². The van der Waals surface area contributed by atoms with Gasteiger partial charge in [-0.1, -0.05) is 154 Å². The van der Waals surface area contributed by atoms with Gasteiger partial charge in [-0.25, -0.2) is 0 Å². The van der Waals surface area contributed by atoms with Crippen LogP contribution >= 0.6 is 0 Å². The quantitative estimate of drug-likeness (QED) is 0.168. The molecule has 1 aromatic heterocycles. The van der Waals surface area contributed by atoms with Gasteiger partial charge in [-0.05, 0) is 68.8 Å². The molecule has 0 aliphatic carbocycles. The second-order valence-electron chi connectivity index (χ2n) is 13.4. The fourth-order valence-electron chi connectivity index (χ4n) is 6.08. The molecule has 0 aliphatic heterocycles. The zero-order chi connectivity index (χ0) is 32.3. The molecule has 4 nitrogen and oxygen atoms in total. The van der Waals surface area contributed by atoms with E-state index in [9.17, 15) is 10.5 Å². The molecular formula is C42H56N3OZr. The topological polar surface area (TPSA) is 52.4 Å². The van der Waals surface area contributed by atoms with Crippen LogP contribution in [0.5, 0.6) is 5.75 Å². The van der Waals surface area contributed by atoms with Crippen molar-refractivity contribution in [1.82, 2.24) is 9.13 Å². The molecule has 5 heteroatoms. The monoisotopic (exact) mass is 708 g/mol. The molecule has 1 radical (unpaired) electrons. The number of rotatable bonds is 7. The molecule has 249 valence electrons. The van der Waals surface area contributed by atoms with Gasteiger partial charge in [0.2, 0.25) is 0 Å². The summed E-state index contributed by atoms with van der Waals surface area (Å²) in [6, 6.07) is 29.2. The summed E-state index contributed by atoms with van der Waals surface area (Å²) in [4.78, 5) is 0. The van der Waals surface area contributed by atoms with Crippen LogP contribution in [-0.4, -0.2) is 14.2 Å². The first-order valence-corrected chi connectivity index (χ1v) is 16.1. The fourth-order valence-corrected chi connectivity index (χ4v) is 6.08. The van der Waals surface area contributed by atoms with Crippen LogP contribution in [0.25, 0.3) is 27.8 Å². The molecule has 4 aromatic carbocycles. The second kappa shape index (κ2) is 17.8. The van der Waals surface area contributed by atoms with E-state index < -0.39 is 0 Å². The van der Waals surface area contributed by atoms with Crippen LogP contribution in [-0.2, 0) is 26.2 Å². The van der Waals surface area contributed by atoms with E-state index in [1.165, 1.54) is 16.7 Å². The van der Waals surface area contributed by atoms with E-state index in [-0.39, 0.29) is 46.7 Å². The summed E-state index contributed by atoms with van der Waals surface area (Å²) in [7, 11) is 0. The normalized spacial score (nSPS) is 11.0. The summed E-state index contributed by atoms with van der Waals surface area (Å²) in [6.45, 7) is 21.6. The number of aromatic nitrogens is 2. The third-order valence-corrected chi connectivity index (χ3v) is 8.47. The first kappa shape index (κ1) is 41.9. The predicted molar refractivity (Wildman–Crippen MR) is 200 cm³/mol. The van der Waals surface area contributed by atoms with Crippen molar-refractivity contribution in [1.29, 1.82) is 0 Å². The number of aromatic hydroxyl groups is 1. The number of fused-ring (bicyclic) bond motifs is 1. The minimum absolute atomic E-state index is 0. The van der Waals surface area contributed by atoms with Crippen LogP contribution < -0.4 is 5.62 Å². The van der Waals surface area contributed by atoms with Gasteiger partial charge in [0, 0.05) is 16.7 Å². The van der Waals surface area contributed by atoms with Gasteiger partial charge in [-0.3, -0.25) is 0 Å². The minimum Gasteiger partial charge on any atom is -0.507 e. The first-order chi connectivity index (χ1) is 20.9. The standard InChI is InChI=1S/C28H32N3.C12H18O.2CH3.Zr/c1-18(2)21-12-7-8-15-24(21)30-25-16-9-10-17-26(25)31(28(30)29)27-22(19(3)4)13-11-14-23(27)20(5)6;1-8(2)10-6-5-7-11(9(3)4)12(10)13;;;/h7-20H,1-6H3;5-9,13H,1-4H3;2*1H3;/q-1;;2*-1;+3. The summed E-state index contributed by atoms with van der Waals surface area (Å²) < 4.78 is 4.06. The number of nitrogens with zero attached hydrogens (tertiary/aromatic N) is 3. The van der Waals surface area contributed by atoms with E-state index in [0.717, 1.165) is 33.5 Å². The van der Waals surface area contributed by atoms with Gasteiger partial charge >= 0.3 is 26.2 Å². The third kappa shape index (κ3) is 8.66. The zero-order valence-corrected chi connectivity index (χ0v) is 33.2. The Hall–Kier alpha value is -3.17. The van der Waals surface area contributed by atoms with Gasteiger partial charge in [-0.2, -0.15) is 0 Å². The molecule has 47 heavy (non-hydrogen) atoms. The van der Waals surface area contributed by atoms with Crippen molar-refractivity contribution in [3.63, 3.8) is 0 Å². The Morgan fingerprint density at radius 3 is 1.23 bits per heavy atom. The van der Waals surface area contributed by atoms with Gasteiger partial charge < -0.3 is 34.5 Å². The van der Waals surface area contributed by atoms with Crippen molar-refractivity contribution < 1.29 is 31.3 Å². The van der Waals surface area contributed by atoms with Crippen LogP contribution in [0, 0.1) is 14.9 Å². The molecule has 1 N–H and O–H groups in total. The fraction of sp³-hybridized carbons (Fsp3) is 0.357. The van der Waals surface area contributed by atoms with Crippen molar-refractivity contribution in [2.45, 2.75) is 98.8 Å². The van der Waals surface area contributed by atoms with Crippen LogP contribution in [0.2, 0.25) is 0 Å². The number of benzene rings is 4. The van der Waals surface area contributed by atoms with Gasteiger partial charge in [0.15, 0.2) is 0 Å². The molecule has 0 unspecified atom stereocenters. The van der Waals surface area contributed by atoms with Gasteiger partial charge in [0.05, 0.1) is 0 Å². The Morgan fingerprint density at radius 1 is 0.468 bits per heavy atom. The van der Waals surface area contributed by atoms with Crippen molar-refractivity contribution in [3.05, 3.63) is 139 Å². The molecule has 0 saturated heterocycles. The Morgan fingerprint density at radius 2 is 0.809 bits per heavy atom. The maximum atomic E-state index is 11.8. The first-order valence-electron chi connectivity index (χ1n) is 16.1. The van der Waals surface area contributed by atoms with Crippen molar-refractivity contribution in [2.75, 3.05) is 0 Å². The molecule has 1 heterocycles. The zero-order valence-electron chi connectivity index (χ0n) is 30.8. The minimum atomic E-state index is 0. The van der Waals surface area contributed by atoms with E-state index in [4.69, 9.17) is 0 Å². The molecule has 0 aliphatic rings. The van der Waals surface area contributed by atoms with Crippen LogP contribution in [0.4, 0.5) is 0 Å². The summed E-state index contributed by atoms with van der Waals surface area (Å²) in [5.41, 5.74) is 10.2.